The Bertz CT molecular complexity index is 157. The summed E-state index contributed by atoms with van der Waals surface area (Å²) in [5.41, 5.74) is 0. The number of aliphatic hydroxyl groups excluding tert-OH is 1. The lowest BCUT2D eigenvalue weighted by Crippen LogP contribution is -2.15. The number of unbranched alkanes of at least 4 members (excludes halogenated alkanes) is 10. The van der Waals surface area contributed by atoms with Gasteiger partial charge in [-0.25, -0.2) is 0 Å². The van der Waals surface area contributed by atoms with Crippen molar-refractivity contribution in [3.8, 4) is 0 Å². The van der Waals surface area contributed by atoms with Gasteiger partial charge in [-0.3, -0.25) is 0 Å². The molecule has 0 fully saturated rings. The van der Waals surface area contributed by atoms with E-state index in [0.29, 0.717) is 0 Å². The van der Waals surface area contributed by atoms with Crippen LogP contribution in [0, 0.1) is 5.92 Å². The van der Waals surface area contributed by atoms with E-state index in [1.54, 1.807) is 0 Å². The summed E-state index contributed by atoms with van der Waals surface area (Å²) in [5, 5.41) is 17.9. The van der Waals surface area contributed by atoms with Gasteiger partial charge in [0.05, 0.1) is 0 Å². The molecule has 0 rings (SSSR count). The first-order chi connectivity index (χ1) is 8.68. The largest absolute Gasteiger partial charge is 0.368 e. The Hall–Kier alpha value is -0.0800. The summed E-state index contributed by atoms with van der Waals surface area (Å²) >= 11 is 0. The van der Waals surface area contributed by atoms with Crippen LogP contribution in [0.2, 0.25) is 0 Å². The van der Waals surface area contributed by atoms with Gasteiger partial charge in [0.1, 0.15) is 0 Å². The molecule has 18 heavy (non-hydrogen) atoms. The molecule has 0 aliphatic rings. The fourth-order valence-electron chi connectivity index (χ4n) is 2.28. The van der Waals surface area contributed by atoms with E-state index in [-0.39, 0.29) is 5.92 Å². The minimum Gasteiger partial charge on any atom is -0.368 e. The zero-order chi connectivity index (χ0) is 13.6. The van der Waals surface area contributed by atoms with Crippen molar-refractivity contribution in [3.63, 3.8) is 0 Å². The van der Waals surface area contributed by atoms with Gasteiger partial charge in [0, 0.05) is 5.92 Å². The third-order valence-corrected chi connectivity index (χ3v) is 3.77. The van der Waals surface area contributed by atoms with Crippen molar-refractivity contribution in [1.82, 2.24) is 0 Å². The van der Waals surface area contributed by atoms with E-state index in [1.165, 1.54) is 64.2 Å². The first kappa shape index (κ1) is 17.9. The standard InChI is InChI=1S/C16H34O2/c1-3-4-5-6-7-8-9-10-11-12-13-14-15(2)16(17)18/h15-18H,3-14H2,1-2H3. The number of aliphatic hydroxyl groups is 2. The summed E-state index contributed by atoms with van der Waals surface area (Å²) < 4.78 is 0. The van der Waals surface area contributed by atoms with Gasteiger partial charge in [0.25, 0.3) is 0 Å². The molecule has 110 valence electrons. The summed E-state index contributed by atoms with van der Waals surface area (Å²) in [6.07, 6.45) is 14.6. The van der Waals surface area contributed by atoms with E-state index in [0.717, 1.165) is 12.8 Å². The average Bonchev–Trinajstić information content (AvgIpc) is 2.35. The van der Waals surface area contributed by atoms with Crippen LogP contribution in [0.25, 0.3) is 0 Å². The molecule has 2 heteroatoms. The predicted molar refractivity (Wildman–Crippen MR) is 78.5 cm³/mol. The molecule has 0 aliphatic heterocycles. The highest BCUT2D eigenvalue weighted by Crippen LogP contribution is 2.15. The lowest BCUT2D eigenvalue weighted by molar-refractivity contribution is -0.0808. The van der Waals surface area contributed by atoms with Crippen molar-refractivity contribution in [3.05, 3.63) is 0 Å². The molecule has 1 atom stereocenters. The third-order valence-electron chi connectivity index (χ3n) is 3.77. The molecule has 0 saturated heterocycles. The van der Waals surface area contributed by atoms with Gasteiger partial charge in [-0.15, -0.1) is 0 Å². The molecule has 0 radical (unpaired) electrons. The molecule has 0 aromatic carbocycles. The molecule has 0 heterocycles. The van der Waals surface area contributed by atoms with Crippen LogP contribution in [0.4, 0.5) is 0 Å². The second-order valence-corrected chi connectivity index (χ2v) is 5.72. The molecule has 0 aromatic heterocycles. The molecule has 2 N–H and O–H groups in total. The molecule has 2 nitrogen and oxygen atoms in total. The van der Waals surface area contributed by atoms with Crippen LogP contribution >= 0.6 is 0 Å². The molecule has 1 unspecified atom stereocenters. The molecule has 0 aliphatic carbocycles. The molecule has 0 spiro atoms. The Morgan fingerprint density at radius 1 is 0.667 bits per heavy atom. The van der Waals surface area contributed by atoms with Gasteiger partial charge < -0.3 is 10.2 Å². The SMILES string of the molecule is CCCCCCCCCCCCCC(C)C(O)O. The Balaban J connectivity index is 3.03. The zero-order valence-electron chi connectivity index (χ0n) is 12.5. The second kappa shape index (κ2) is 13.4. The van der Waals surface area contributed by atoms with E-state index in [9.17, 15) is 0 Å². The van der Waals surface area contributed by atoms with Crippen molar-refractivity contribution in [1.29, 1.82) is 0 Å². The van der Waals surface area contributed by atoms with Crippen LogP contribution in [-0.4, -0.2) is 16.5 Å². The van der Waals surface area contributed by atoms with Gasteiger partial charge in [0.15, 0.2) is 6.29 Å². The zero-order valence-corrected chi connectivity index (χ0v) is 12.5. The maximum absolute atomic E-state index is 8.94. The molecule has 0 aromatic rings. The molecular weight excluding hydrogens is 224 g/mol. The number of hydrogen-bond donors (Lipinski definition) is 2. The van der Waals surface area contributed by atoms with E-state index in [4.69, 9.17) is 10.2 Å². The van der Waals surface area contributed by atoms with Crippen molar-refractivity contribution in [2.75, 3.05) is 0 Å². The van der Waals surface area contributed by atoms with Crippen molar-refractivity contribution >= 4 is 0 Å². The first-order valence-electron chi connectivity index (χ1n) is 8.04. The maximum atomic E-state index is 8.94. The highest BCUT2D eigenvalue weighted by Gasteiger charge is 2.08. The summed E-state index contributed by atoms with van der Waals surface area (Å²) in [6.45, 7) is 4.16. The number of rotatable bonds is 13. The molecule has 0 bridgehead atoms. The van der Waals surface area contributed by atoms with Crippen LogP contribution in [-0.2, 0) is 0 Å². The van der Waals surface area contributed by atoms with Gasteiger partial charge >= 0.3 is 0 Å². The van der Waals surface area contributed by atoms with Crippen LogP contribution in [0.1, 0.15) is 90.9 Å². The summed E-state index contributed by atoms with van der Waals surface area (Å²) in [4.78, 5) is 0. The Labute approximate surface area is 114 Å². The molecule has 0 saturated carbocycles. The fourth-order valence-corrected chi connectivity index (χ4v) is 2.28. The topological polar surface area (TPSA) is 40.5 Å². The lowest BCUT2D eigenvalue weighted by atomic mass is 10.0. The van der Waals surface area contributed by atoms with E-state index < -0.39 is 6.29 Å². The maximum Gasteiger partial charge on any atom is 0.154 e. The molecule has 0 amide bonds. The van der Waals surface area contributed by atoms with Gasteiger partial charge in [-0.1, -0.05) is 84.5 Å². The Morgan fingerprint density at radius 3 is 1.44 bits per heavy atom. The highest BCUT2D eigenvalue weighted by molar-refractivity contribution is 4.55. The normalized spacial score (nSPS) is 13.2. The highest BCUT2D eigenvalue weighted by atomic mass is 16.5. The van der Waals surface area contributed by atoms with Gasteiger partial charge in [0.2, 0.25) is 0 Å². The minimum atomic E-state index is -1.13. The summed E-state index contributed by atoms with van der Waals surface area (Å²) in [5.74, 6) is 0.0311. The monoisotopic (exact) mass is 258 g/mol. The number of hydrogen-bond acceptors (Lipinski definition) is 2. The van der Waals surface area contributed by atoms with Crippen LogP contribution in [0.3, 0.4) is 0 Å². The summed E-state index contributed by atoms with van der Waals surface area (Å²) in [7, 11) is 0. The van der Waals surface area contributed by atoms with Crippen LogP contribution in [0.15, 0.2) is 0 Å². The van der Waals surface area contributed by atoms with Crippen molar-refractivity contribution < 1.29 is 10.2 Å². The second-order valence-electron chi connectivity index (χ2n) is 5.72. The predicted octanol–water partition coefficient (Wildman–Crippen LogP) is 4.63. The average molecular weight is 258 g/mol. The quantitative estimate of drug-likeness (QED) is 0.373. The minimum absolute atomic E-state index is 0.0311. The van der Waals surface area contributed by atoms with Gasteiger partial charge in [-0.05, 0) is 6.42 Å². The smallest absolute Gasteiger partial charge is 0.154 e. The summed E-state index contributed by atoms with van der Waals surface area (Å²) in [6, 6.07) is 0. The molecular formula is C16H34O2. The fraction of sp³-hybridized carbons (Fsp3) is 1.00. The van der Waals surface area contributed by atoms with E-state index in [1.807, 2.05) is 6.92 Å². The van der Waals surface area contributed by atoms with Gasteiger partial charge in [-0.2, -0.15) is 0 Å². The Kier molecular flexibility index (Phi) is 13.3. The third kappa shape index (κ3) is 12.4. The van der Waals surface area contributed by atoms with Crippen molar-refractivity contribution in [2.24, 2.45) is 5.92 Å². The van der Waals surface area contributed by atoms with Crippen LogP contribution < -0.4 is 0 Å². The first-order valence-corrected chi connectivity index (χ1v) is 8.04. The van der Waals surface area contributed by atoms with Crippen molar-refractivity contribution in [2.45, 2.75) is 97.2 Å². The lowest BCUT2D eigenvalue weighted by Gasteiger charge is -2.12. The Morgan fingerprint density at radius 2 is 1.06 bits per heavy atom. The van der Waals surface area contributed by atoms with E-state index >= 15 is 0 Å². The van der Waals surface area contributed by atoms with E-state index in [2.05, 4.69) is 6.92 Å². The van der Waals surface area contributed by atoms with Crippen LogP contribution in [0.5, 0.6) is 0 Å².